The third kappa shape index (κ3) is 3.35. The first-order valence-corrected chi connectivity index (χ1v) is 7.83. The van der Waals surface area contributed by atoms with E-state index in [4.69, 9.17) is 10.5 Å². The van der Waals surface area contributed by atoms with Gasteiger partial charge in [0.2, 0.25) is 0 Å². The number of hydrogen-bond donors (Lipinski definition) is 1. The Hall–Kier alpha value is -0.360. The van der Waals surface area contributed by atoms with Gasteiger partial charge in [-0.25, -0.2) is 0 Å². The minimum absolute atomic E-state index is 0.0293. The summed E-state index contributed by atoms with van der Waals surface area (Å²) < 4.78 is 7.29. The number of ether oxygens (including phenoxy) is 1. The van der Waals surface area contributed by atoms with Gasteiger partial charge in [-0.2, -0.15) is 0 Å². The summed E-state index contributed by atoms with van der Waals surface area (Å²) in [6.07, 6.45) is 0.815. The van der Waals surface area contributed by atoms with Gasteiger partial charge in [-0.05, 0) is 68.1 Å². The Morgan fingerprint density at radius 3 is 2.61 bits per heavy atom. The molecule has 5 heteroatoms. The van der Waals surface area contributed by atoms with Crippen molar-refractivity contribution in [2.75, 3.05) is 7.11 Å². The van der Waals surface area contributed by atoms with Crippen molar-refractivity contribution in [2.24, 2.45) is 5.73 Å². The quantitative estimate of drug-likeness (QED) is 0.832. The number of benzene rings is 1. The van der Waals surface area contributed by atoms with Gasteiger partial charge < -0.3 is 10.5 Å². The number of halogens is 2. The Morgan fingerprint density at radius 1 is 1.28 bits per heavy atom. The van der Waals surface area contributed by atoms with Gasteiger partial charge in [0, 0.05) is 10.9 Å². The topological polar surface area (TPSA) is 35.2 Å². The fourth-order valence-corrected chi connectivity index (χ4v) is 3.73. The maximum Gasteiger partial charge on any atom is 0.133 e. The highest BCUT2D eigenvalue weighted by atomic mass is 79.9. The summed E-state index contributed by atoms with van der Waals surface area (Å²) in [6.45, 7) is 0. The molecule has 0 spiro atoms. The van der Waals surface area contributed by atoms with Crippen molar-refractivity contribution >= 4 is 43.2 Å². The lowest BCUT2D eigenvalue weighted by Crippen LogP contribution is -2.11. The molecule has 0 aliphatic rings. The summed E-state index contributed by atoms with van der Waals surface area (Å²) in [5.74, 6) is 0.839. The van der Waals surface area contributed by atoms with Crippen molar-refractivity contribution < 1.29 is 4.74 Å². The molecule has 1 aromatic carbocycles. The van der Waals surface area contributed by atoms with Crippen LogP contribution in [0.5, 0.6) is 5.75 Å². The van der Waals surface area contributed by atoms with Gasteiger partial charge in [-0.3, -0.25) is 0 Å². The molecule has 2 nitrogen and oxygen atoms in total. The molecule has 0 saturated heterocycles. The fraction of sp³-hybridized carbons (Fsp3) is 0.231. The van der Waals surface area contributed by atoms with Gasteiger partial charge in [0.15, 0.2) is 0 Å². The number of methoxy groups -OCH3 is 1. The van der Waals surface area contributed by atoms with E-state index < -0.39 is 0 Å². The van der Waals surface area contributed by atoms with E-state index in [-0.39, 0.29) is 6.04 Å². The number of thiophene rings is 1. The van der Waals surface area contributed by atoms with E-state index in [0.717, 1.165) is 20.4 Å². The summed E-state index contributed by atoms with van der Waals surface area (Å²) in [5, 5.41) is 0. The van der Waals surface area contributed by atoms with Crippen molar-refractivity contribution in [2.45, 2.75) is 12.5 Å². The highest BCUT2D eigenvalue weighted by Crippen LogP contribution is 2.30. The van der Waals surface area contributed by atoms with Gasteiger partial charge in [-0.15, -0.1) is 11.3 Å². The van der Waals surface area contributed by atoms with Crippen LogP contribution in [-0.4, -0.2) is 7.11 Å². The average Bonchev–Trinajstić information content (AvgIpc) is 2.76. The van der Waals surface area contributed by atoms with Crippen LogP contribution in [0.1, 0.15) is 16.5 Å². The highest BCUT2D eigenvalue weighted by Gasteiger charge is 2.10. The molecule has 1 atom stereocenters. The molecule has 0 amide bonds. The van der Waals surface area contributed by atoms with Crippen LogP contribution in [0.15, 0.2) is 38.6 Å². The van der Waals surface area contributed by atoms with Crippen LogP contribution in [-0.2, 0) is 6.42 Å². The zero-order valence-corrected chi connectivity index (χ0v) is 13.8. The van der Waals surface area contributed by atoms with Crippen molar-refractivity contribution in [1.82, 2.24) is 0 Å². The molecule has 2 rings (SSSR count). The van der Waals surface area contributed by atoms with Gasteiger partial charge in [0.25, 0.3) is 0 Å². The summed E-state index contributed by atoms with van der Waals surface area (Å²) >= 11 is 8.62. The van der Waals surface area contributed by atoms with Crippen molar-refractivity contribution in [3.8, 4) is 5.75 Å². The maximum atomic E-state index is 6.20. The molecule has 0 saturated carbocycles. The van der Waals surface area contributed by atoms with E-state index >= 15 is 0 Å². The monoisotopic (exact) mass is 389 g/mol. The zero-order chi connectivity index (χ0) is 13.1. The first-order valence-electron chi connectivity index (χ1n) is 5.43. The Labute approximate surface area is 127 Å². The van der Waals surface area contributed by atoms with E-state index in [1.807, 2.05) is 18.2 Å². The third-order valence-corrected chi connectivity index (χ3v) is 5.01. The Bertz CT molecular complexity index is 542. The third-order valence-electron chi connectivity index (χ3n) is 2.63. The van der Waals surface area contributed by atoms with Gasteiger partial charge in [-0.1, -0.05) is 6.07 Å². The lowest BCUT2D eigenvalue weighted by molar-refractivity contribution is 0.412. The van der Waals surface area contributed by atoms with Crippen LogP contribution in [0, 0.1) is 0 Å². The Kier molecular flexibility index (Phi) is 4.84. The SMILES string of the molecule is COc1ccc(CC(N)c2ccc(Br)s2)cc1Br. The maximum absolute atomic E-state index is 6.20. The summed E-state index contributed by atoms with van der Waals surface area (Å²) in [5.41, 5.74) is 7.40. The van der Waals surface area contributed by atoms with Crippen molar-refractivity contribution in [1.29, 1.82) is 0 Å². The number of hydrogen-bond acceptors (Lipinski definition) is 3. The van der Waals surface area contributed by atoms with Gasteiger partial charge >= 0.3 is 0 Å². The Balaban J connectivity index is 2.12. The second-order valence-electron chi connectivity index (χ2n) is 3.92. The first kappa shape index (κ1) is 14.1. The molecule has 96 valence electrons. The second kappa shape index (κ2) is 6.19. The molecule has 1 aromatic heterocycles. The molecule has 18 heavy (non-hydrogen) atoms. The van der Waals surface area contributed by atoms with E-state index in [2.05, 4.69) is 44.0 Å². The molecule has 1 heterocycles. The molecule has 2 N–H and O–H groups in total. The lowest BCUT2D eigenvalue weighted by atomic mass is 10.1. The second-order valence-corrected chi connectivity index (χ2v) is 7.27. The van der Waals surface area contributed by atoms with E-state index in [1.165, 1.54) is 10.4 Å². The summed E-state index contributed by atoms with van der Waals surface area (Å²) in [6, 6.07) is 10.2. The molecular formula is C13H13Br2NOS. The van der Waals surface area contributed by atoms with Crippen LogP contribution in [0.3, 0.4) is 0 Å². The average molecular weight is 391 g/mol. The minimum Gasteiger partial charge on any atom is -0.496 e. The van der Waals surface area contributed by atoms with Gasteiger partial charge in [0.1, 0.15) is 5.75 Å². The number of nitrogens with two attached hydrogens (primary N) is 1. The van der Waals surface area contributed by atoms with E-state index in [0.29, 0.717) is 0 Å². The lowest BCUT2D eigenvalue weighted by Gasteiger charge is -2.11. The van der Waals surface area contributed by atoms with Crippen LogP contribution >= 0.6 is 43.2 Å². The predicted molar refractivity (Wildman–Crippen MR) is 83.3 cm³/mol. The van der Waals surface area contributed by atoms with E-state index in [9.17, 15) is 0 Å². The fourth-order valence-electron chi connectivity index (χ4n) is 1.72. The minimum atomic E-state index is 0.0293. The molecule has 0 fully saturated rings. The molecular weight excluding hydrogens is 378 g/mol. The normalized spacial score (nSPS) is 12.4. The molecule has 0 aliphatic carbocycles. The van der Waals surface area contributed by atoms with Crippen LogP contribution in [0.2, 0.25) is 0 Å². The molecule has 0 bridgehead atoms. The molecule has 1 unspecified atom stereocenters. The largest absolute Gasteiger partial charge is 0.496 e. The van der Waals surface area contributed by atoms with Crippen LogP contribution in [0.4, 0.5) is 0 Å². The molecule has 0 aliphatic heterocycles. The molecule has 0 radical (unpaired) electrons. The smallest absolute Gasteiger partial charge is 0.133 e. The van der Waals surface area contributed by atoms with Crippen LogP contribution in [0.25, 0.3) is 0 Å². The highest BCUT2D eigenvalue weighted by molar-refractivity contribution is 9.11. The first-order chi connectivity index (χ1) is 8.60. The van der Waals surface area contributed by atoms with Crippen LogP contribution < -0.4 is 10.5 Å². The zero-order valence-electron chi connectivity index (χ0n) is 9.82. The van der Waals surface area contributed by atoms with E-state index in [1.54, 1.807) is 18.4 Å². The Morgan fingerprint density at radius 2 is 2.06 bits per heavy atom. The summed E-state index contributed by atoms with van der Waals surface area (Å²) in [7, 11) is 1.66. The van der Waals surface area contributed by atoms with Crippen molar-refractivity contribution in [3.05, 3.63) is 49.0 Å². The summed E-state index contributed by atoms with van der Waals surface area (Å²) in [4.78, 5) is 1.19. The van der Waals surface area contributed by atoms with Crippen molar-refractivity contribution in [3.63, 3.8) is 0 Å². The van der Waals surface area contributed by atoms with Gasteiger partial charge in [0.05, 0.1) is 15.4 Å². The molecule has 2 aromatic rings. The standard InChI is InChI=1S/C13H13Br2NOS/c1-17-11-3-2-8(6-9(11)14)7-10(16)12-4-5-13(15)18-12/h2-6,10H,7,16H2,1H3. The number of rotatable bonds is 4. The predicted octanol–water partition coefficient (Wildman–Crippen LogP) is 4.52.